The van der Waals surface area contributed by atoms with Crippen molar-refractivity contribution in [1.29, 1.82) is 0 Å². The number of rotatable bonds is 2. The van der Waals surface area contributed by atoms with E-state index in [1.807, 2.05) is 0 Å². The lowest BCUT2D eigenvalue weighted by molar-refractivity contribution is 0.374. The molecule has 1 rings (SSSR count). The van der Waals surface area contributed by atoms with E-state index in [1.165, 1.54) is 0 Å². The SMILES string of the molecule is Cc1ccc([C@@H](N)CF)o1.Cl. The summed E-state index contributed by atoms with van der Waals surface area (Å²) in [6, 6.07) is 2.86. The molecule has 1 aromatic heterocycles. The van der Waals surface area contributed by atoms with Crippen LogP contribution in [0.2, 0.25) is 0 Å². The summed E-state index contributed by atoms with van der Waals surface area (Å²) < 4.78 is 17.0. The van der Waals surface area contributed by atoms with Crippen LogP contribution in [0.5, 0.6) is 0 Å². The first kappa shape index (κ1) is 10.5. The maximum atomic E-state index is 11.9. The van der Waals surface area contributed by atoms with E-state index in [2.05, 4.69) is 0 Å². The molecule has 1 heterocycles. The van der Waals surface area contributed by atoms with E-state index in [9.17, 15) is 4.39 Å². The van der Waals surface area contributed by atoms with Crippen molar-refractivity contribution in [2.24, 2.45) is 5.73 Å². The molecular formula is C7H11ClFNO. The number of furan rings is 1. The van der Waals surface area contributed by atoms with E-state index in [1.54, 1.807) is 19.1 Å². The zero-order valence-electron chi connectivity index (χ0n) is 6.21. The van der Waals surface area contributed by atoms with E-state index in [0.29, 0.717) is 5.76 Å². The molecule has 0 bridgehead atoms. The Balaban J connectivity index is 0.000001000. The van der Waals surface area contributed by atoms with Crippen LogP contribution in [0.3, 0.4) is 0 Å². The molecule has 0 aliphatic heterocycles. The number of aryl methyl sites for hydroxylation is 1. The van der Waals surface area contributed by atoms with E-state index in [-0.39, 0.29) is 12.4 Å². The van der Waals surface area contributed by atoms with Gasteiger partial charge in [-0.05, 0) is 19.1 Å². The molecule has 0 unspecified atom stereocenters. The topological polar surface area (TPSA) is 39.2 Å². The Bertz CT molecular complexity index is 214. The molecule has 0 spiro atoms. The van der Waals surface area contributed by atoms with Crippen molar-refractivity contribution in [3.8, 4) is 0 Å². The highest BCUT2D eigenvalue weighted by atomic mass is 35.5. The van der Waals surface area contributed by atoms with Crippen LogP contribution in [-0.4, -0.2) is 6.67 Å². The van der Waals surface area contributed by atoms with Crippen molar-refractivity contribution in [3.63, 3.8) is 0 Å². The zero-order valence-corrected chi connectivity index (χ0v) is 7.03. The van der Waals surface area contributed by atoms with Gasteiger partial charge in [0.2, 0.25) is 0 Å². The lowest BCUT2D eigenvalue weighted by atomic mass is 10.3. The van der Waals surface area contributed by atoms with Crippen LogP contribution in [0, 0.1) is 6.92 Å². The molecular weight excluding hydrogens is 169 g/mol. The van der Waals surface area contributed by atoms with E-state index < -0.39 is 12.7 Å². The lowest BCUT2D eigenvalue weighted by Gasteiger charge is -2.00. The number of alkyl halides is 1. The summed E-state index contributed by atoms with van der Waals surface area (Å²) in [5.74, 6) is 1.28. The standard InChI is InChI=1S/C7H10FNO.ClH/c1-5-2-3-7(10-5)6(9)4-8;/h2-3,6H,4,9H2,1H3;1H/t6-;/m0./s1. The van der Waals surface area contributed by atoms with Gasteiger partial charge in [-0.15, -0.1) is 12.4 Å². The highest BCUT2D eigenvalue weighted by Crippen LogP contribution is 2.13. The Morgan fingerprint density at radius 2 is 2.27 bits per heavy atom. The van der Waals surface area contributed by atoms with Gasteiger partial charge in [0.25, 0.3) is 0 Å². The van der Waals surface area contributed by atoms with Gasteiger partial charge in [0.05, 0.1) is 6.04 Å². The van der Waals surface area contributed by atoms with Crippen LogP contribution in [-0.2, 0) is 0 Å². The fourth-order valence-corrected chi connectivity index (χ4v) is 0.729. The molecule has 0 amide bonds. The highest BCUT2D eigenvalue weighted by Gasteiger charge is 2.07. The minimum atomic E-state index is -0.603. The highest BCUT2D eigenvalue weighted by molar-refractivity contribution is 5.85. The van der Waals surface area contributed by atoms with Crippen LogP contribution in [0.1, 0.15) is 17.6 Å². The van der Waals surface area contributed by atoms with Crippen LogP contribution >= 0.6 is 12.4 Å². The second-order valence-electron chi connectivity index (χ2n) is 2.21. The molecule has 0 radical (unpaired) electrons. The molecule has 0 aromatic carbocycles. The number of nitrogens with two attached hydrogens (primary N) is 1. The Morgan fingerprint density at radius 1 is 1.64 bits per heavy atom. The Hall–Kier alpha value is -0.540. The average molecular weight is 180 g/mol. The molecule has 2 nitrogen and oxygen atoms in total. The summed E-state index contributed by atoms with van der Waals surface area (Å²) in [6.07, 6.45) is 0. The van der Waals surface area contributed by atoms with E-state index in [4.69, 9.17) is 10.2 Å². The van der Waals surface area contributed by atoms with Gasteiger partial charge in [0.1, 0.15) is 18.2 Å². The minimum absolute atomic E-state index is 0. The predicted molar refractivity (Wildman–Crippen MR) is 43.6 cm³/mol. The third-order valence-electron chi connectivity index (χ3n) is 1.29. The molecule has 0 aliphatic rings. The molecule has 0 fully saturated rings. The molecule has 2 N–H and O–H groups in total. The second kappa shape index (κ2) is 4.36. The normalized spacial score (nSPS) is 12.3. The number of halogens is 2. The van der Waals surface area contributed by atoms with Gasteiger partial charge in [0, 0.05) is 0 Å². The Morgan fingerprint density at radius 3 is 2.64 bits per heavy atom. The fraction of sp³-hybridized carbons (Fsp3) is 0.429. The van der Waals surface area contributed by atoms with Crippen LogP contribution in [0.25, 0.3) is 0 Å². The van der Waals surface area contributed by atoms with Gasteiger partial charge >= 0.3 is 0 Å². The molecule has 0 saturated heterocycles. The Labute approximate surface area is 71.0 Å². The third kappa shape index (κ3) is 2.52. The first-order valence-electron chi connectivity index (χ1n) is 3.12. The Kier molecular flexibility index (Phi) is 4.15. The summed E-state index contributed by atoms with van der Waals surface area (Å²) >= 11 is 0. The maximum absolute atomic E-state index is 11.9. The summed E-state index contributed by atoms with van der Waals surface area (Å²) in [4.78, 5) is 0. The average Bonchev–Trinajstić information content (AvgIpc) is 2.34. The molecule has 64 valence electrons. The molecule has 1 aromatic rings. The van der Waals surface area contributed by atoms with Crippen LogP contribution < -0.4 is 5.73 Å². The summed E-state index contributed by atoms with van der Waals surface area (Å²) in [7, 11) is 0. The molecule has 4 heteroatoms. The van der Waals surface area contributed by atoms with Crippen molar-refractivity contribution in [2.45, 2.75) is 13.0 Å². The van der Waals surface area contributed by atoms with E-state index in [0.717, 1.165) is 5.76 Å². The largest absolute Gasteiger partial charge is 0.465 e. The van der Waals surface area contributed by atoms with Gasteiger partial charge in [0.15, 0.2) is 0 Å². The monoisotopic (exact) mass is 179 g/mol. The summed E-state index contributed by atoms with van der Waals surface area (Å²) in [5, 5.41) is 0. The van der Waals surface area contributed by atoms with Crippen molar-refractivity contribution in [2.75, 3.05) is 6.67 Å². The first-order valence-corrected chi connectivity index (χ1v) is 3.12. The van der Waals surface area contributed by atoms with Gasteiger partial charge in [-0.3, -0.25) is 0 Å². The molecule has 11 heavy (non-hydrogen) atoms. The van der Waals surface area contributed by atoms with Crippen LogP contribution in [0.4, 0.5) is 4.39 Å². The van der Waals surface area contributed by atoms with Crippen molar-refractivity contribution < 1.29 is 8.81 Å². The maximum Gasteiger partial charge on any atom is 0.123 e. The molecule has 0 saturated carbocycles. The molecule has 0 aliphatic carbocycles. The fourth-order valence-electron chi connectivity index (χ4n) is 0.729. The molecule has 1 atom stereocenters. The van der Waals surface area contributed by atoms with Crippen LogP contribution in [0.15, 0.2) is 16.5 Å². The van der Waals surface area contributed by atoms with E-state index >= 15 is 0 Å². The quantitative estimate of drug-likeness (QED) is 0.754. The third-order valence-corrected chi connectivity index (χ3v) is 1.29. The first-order chi connectivity index (χ1) is 4.74. The lowest BCUT2D eigenvalue weighted by Crippen LogP contribution is -2.10. The zero-order chi connectivity index (χ0) is 7.56. The van der Waals surface area contributed by atoms with Crippen molar-refractivity contribution in [1.82, 2.24) is 0 Å². The second-order valence-corrected chi connectivity index (χ2v) is 2.21. The number of hydrogen-bond donors (Lipinski definition) is 1. The number of hydrogen-bond acceptors (Lipinski definition) is 2. The van der Waals surface area contributed by atoms with Crippen molar-refractivity contribution in [3.05, 3.63) is 23.7 Å². The summed E-state index contributed by atoms with van der Waals surface area (Å²) in [5.41, 5.74) is 5.34. The van der Waals surface area contributed by atoms with Gasteiger partial charge in [-0.1, -0.05) is 0 Å². The summed E-state index contributed by atoms with van der Waals surface area (Å²) in [6.45, 7) is 1.22. The minimum Gasteiger partial charge on any atom is -0.465 e. The van der Waals surface area contributed by atoms with Gasteiger partial charge in [-0.25, -0.2) is 4.39 Å². The van der Waals surface area contributed by atoms with Gasteiger partial charge < -0.3 is 10.2 Å². The van der Waals surface area contributed by atoms with Gasteiger partial charge in [-0.2, -0.15) is 0 Å². The smallest absolute Gasteiger partial charge is 0.123 e. The van der Waals surface area contributed by atoms with Crippen molar-refractivity contribution >= 4 is 12.4 Å². The predicted octanol–water partition coefficient (Wildman–Crippen LogP) is 1.98.